The Hall–Kier alpha value is -4.82. The van der Waals surface area contributed by atoms with Crippen molar-refractivity contribution in [2.75, 3.05) is 59.0 Å². The van der Waals surface area contributed by atoms with E-state index in [1.165, 1.54) is 29.2 Å². The van der Waals surface area contributed by atoms with E-state index < -0.39 is 23.0 Å². The van der Waals surface area contributed by atoms with Crippen molar-refractivity contribution in [1.29, 1.82) is 0 Å². The van der Waals surface area contributed by atoms with Crippen molar-refractivity contribution in [3.05, 3.63) is 87.1 Å². The fourth-order valence-corrected chi connectivity index (χ4v) is 6.05. The molecule has 4 rings (SSSR count). The van der Waals surface area contributed by atoms with Gasteiger partial charge in [0.2, 0.25) is 11.8 Å². The summed E-state index contributed by atoms with van der Waals surface area (Å²) in [5.74, 6) is -0.858. The fraction of sp³-hybridized carbons (Fsp3) is 0.514. The molecule has 2 aromatic carbocycles. The highest BCUT2D eigenvalue weighted by Crippen LogP contribution is 2.32. The van der Waals surface area contributed by atoms with Crippen molar-refractivity contribution >= 4 is 29.5 Å². The zero-order valence-corrected chi connectivity index (χ0v) is 29.6. The number of allylic oxidation sites excluding steroid dienone is 1. The lowest BCUT2D eigenvalue weighted by Gasteiger charge is -2.35. The summed E-state index contributed by atoms with van der Waals surface area (Å²) in [6, 6.07) is 13.7. The van der Waals surface area contributed by atoms with Crippen LogP contribution < -0.4 is 10.6 Å². The molecule has 51 heavy (non-hydrogen) atoms. The molecule has 2 N–H and O–H groups in total. The molecule has 14 nitrogen and oxygen atoms in total. The molecule has 0 spiro atoms. The first-order valence-corrected chi connectivity index (χ1v) is 17.8. The van der Waals surface area contributed by atoms with Gasteiger partial charge in [0, 0.05) is 63.5 Å². The topological polar surface area (TPSA) is 164 Å². The molecule has 14 heteroatoms. The molecular formula is C37H50N6O8. The number of benzene rings is 2. The minimum Gasteiger partial charge on any atom is -0.457 e. The molecule has 2 aliphatic rings. The lowest BCUT2D eigenvalue weighted by molar-refractivity contribution is -0.384. The molecule has 1 saturated heterocycles. The Kier molecular flexibility index (Phi) is 15.4. The van der Waals surface area contributed by atoms with E-state index in [9.17, 15) is 29.3 Å². The first-order chi connectivity index (χ1) is 24.7. The third-order valence-corrected chi connectivity index (χ3v) is 9.07. The number of nitro benzene ring substituents is 1. The van der Waals surface area contributed by atoms with Crippen LogP contribution in [-0.2, 0) is 30.5 Å². The number of morpholine rings is 1. The van der Waals surface area contributed by atoms with Crippen molar-refractivity contribution in [1.82, 2.24) is 25.3 Å². The van der Waals surface area contributed by atoms with Crippen LogP contribution in [0.4, 0.5) is 10.5 Å². The van der Waals surface area contributed by atoms with Crippen LogP contribution in [0.5, 0.6) is 0 Å². The number of ether oxygens (including phenoxy) is 2. The molecule has 2 aliphatic heterocycles. The van der Waals surface area contributed by atoms with Gasteiger partial charge in [0.25, 0.3) is 5.69 Å². The van der Waals surface area contributed by atoms with E-state index in [4.69, 9.17) is 9.47 Å². The summed E-state index contributed by atoms with van der Waals surface area (Å²) in [6.07, 6.45) is 3.89. The van der Waals surface area contributed by atoms with Gasteiger partial charge in [-0.1, -0.05) is 50.1 Å². The van der Waals surface area contributed by atoms with E-state index in [0.29, 0.717) is 69.9 Å². The number of urea groups is 1. The van der Waals surface area contributed by atoms with Crippen LogP contribution in [-0.4, -0.2) is 102 Å². The number of nitrogens with one attached hydrogen (secondary N) is 2. The summed E-state index contributed by atoms with van der Waals surface area (Å²) in [6.45, 7) is 8.71. The van der Waals surface area contributed by atoms with Crippen LogP contribution in [0.25, 0.3) is 0 Å². The van der Waals surface area contributed by atoms with Crippen LogP contribution in [0.15, 0.2) is 65.9 Å². The van der Waals surface area contributed by atoms with Gasteiger partial charge >= 0.3 is 12.0 Å². The van der Waals surface area contributed by atoms with Gasteiger partial charge in [-0.25, -0.2) is 9.59 Å². The largest absolute Gasteiger partial charge is 0.457 e. The van der Waals surface area contributed by atoms with Crippen LogP contribution in [0, 0.1) is 10.1 Å². The first kappa shape index (κ1) is 39.0. The van der Waals surface area contributed by atoms with Crippen molar-refractivity contribution in [3.8, 4) is 0 Å². The number of unbranched alkanes of at least 4 members (excludes halogenated alkanes) is 3. The number of hydrogen-bond acceptors (Lipinski definition) is 9. The Labute approximate surface area is 299 Å². The second kappa shape index (κ2) is 20.1. The van der Waals surface area contributed by atoms with Gasteiger partial charge in [0.1, 0.15) is 6.61 Å². The second-order valence-corrected chi connectivity index (χ2v) is 12.7. The molecule has 0 bridgehead atoms. The summed E-state index contributed by atoms with van der Waals surface area (Å²) >= 11 is 0. The molecule has 1 atom stereocenters. The van der Waals surface area contributed by atoms with Crippen LogP contribution in [0.3, 0.4) is 0 Å². The summed E-state index contributed by atoms with van der Waals surface area (Å²) in [4.78, 5) is 68.9. The average Bonchev–Trinajstić information content (AvgIpc) is 3.14. The minimum atomic E-state index is -0.863. The first-order valence-electron chi connectivity index (χ1n) is 17.8. The van der Waals surface area contributed by atoms with E-state index in [2.05, 4.69) is 22.5 Å². The lowest BCUT2D eigenvalue weighted by atomic mass is 9.94. The number of rotatable bonds is 19. The Bertz CT molecular complexity index is 1510. The number of carbonyl (C=O) groups excluding carboxylic acids is 4. The Morgan fingerprint density at radius 1 is 1.02 bits per heavy atom. The van der Waals surface area contributed by atoms with Gasteiger partial charge in [0.15, 0.2) is 0 Å². The zero-order chi connectivity index (χ0) is 36.6. The molecule has 2 heterocycles. The molecular weight excluding hydrogens is 656 g/mol. The van der Waals surface area contributed by atoms with Gasteiger partial charge in [-0.15, -0.1) is 0 Å². The average molecular weight is 707 g/mol. The minimum absolute atomic E-state index is 0.0178. The summed E-state index contributed by atoms with van der Waals surface area (Å²) < 4.78 is 11.1. The van der Waals surface area contributed by atoms with E-state index in [-0.39, 0.29) is 42.6 Å². The van der Waals surface area contributed by atoms with Gasteiger partial charge < -0.3 is 25.0 Å². The van der Waals surface area contributed by atoms with Crippen LogP contribution in [0.2, 0.25) is 0 Å². The molecule has 0 saturated carbocycles. The van der Waals surface area contributed by atoms with Crippen LogP contribution in [0.1, 0.15) is 69.5 Å². The molecule has 1 fully saturated rings. The van der Waals surface area contributed by atoms with E-state index in [1.807, 2.05) is 30.3 Å². The van der Waals surface area contributed by atoms with Crippen molar-refractivity contribution in [2.45, 2.75) is 65.0 Å². The number of amides is 4. The smallest absolute Gasteiger partial charge is 0.338 e. The number of nitro groups is 1. The van der Waals surface area contributed by atoms with Gasteiger partial charge in [-0.3, -0.25) is 29.5 Å². The molecule has 0 aromatic heterocycles. The van der Waals surface area contributed by atoms with Gasteiger partial charge in [0.05, 0.1) is 36.3 Å². The summed E-state index contributed by atoms with van der Waals surface area (Å²) in [7, 11) is 0. The quantitative estimate of drug-likeness (QED) is 0.0938. The lowest BCUT2D eigenvalue weighted by Crippen LogP contribution is -2.48. The summed E-state index contributed by atoms with van der Waals surface area (Å²) in [5.41, 5.74) is 1.88. The molecule has 4 amide bonds. The van der Waals surface area contributed by atoms with E-state index in [1.54, 1.807) is 11.8 Å². The fourth-order valence-electron chi connectivity index (χ4n) is 6.05. The number of esters is 1. The predicted octanol–water partition coefficient (Wildman–Crippen LogP) is 4.32. The molecule has 0 aliphatic carbocycles. The Morgan fingerprint density at radius 2 is 1.75 bits per heavy atom. The van der Waals surface area contributed by atoms with Crippen molar-refractivity contribution < 1.29 is 33.6 Å². The van der Waals surface area contributed by atoms with Gasteiger partial charge in [-0.05, 0) is 49.4 Å². The normalized spacial score (nSPS) is 16.4. The van der Waals surface area contributed by atoms with Gasteiger partial charge in [-0.2, -0.15) is 0 Å². The maximum absolute atomic E-state index is 13.6. The Balaban J connectivity index is 1.38. The second-order valence-electron chi connectivity index (χ2n) is 12.7. The van der Waals surface area contributed by atoms with E-state index >= 15 is 0 Å². The number of hydrogen-bond donors (Lipinski definition) is 2. The van der Waals surface area contributed by atoms with Crippen molar-refractivity contribution in [3.63, 3.8) is 0 Å². The third kappa shape index (κ3) is 11.9. The highest BCUT2D eigenvalue weighted by molar-refractivity contribution is 5.95. The maximum atomic E-state index is 13.6. The van der Waals surface area contributed by atoms with Crippen LogP contribution >= 0.6 is 0 Å². The number of carbonyl (C=O) groups is 4. The molecule has 0 radical (unpaired) electrons. The number of nitrogens with zero attached hydrogens (tertiary/aromatic N) is 4. The van der Waals surface area contributed by atoms with Crippen molar-refractivity contribution in [2.24, 2.45) is 0 Å². The summed E-state index contributed by atoms with van der Waals surface area (Å²) in [5, 5.41) is 17.0. The third-order valence-electron chi connectivity index (χ3n) is 9.07. The highest BCUT2D eigenvalue weighted by atomic mass is 16.6. The maximum Gasteiger partial charge on any atom is 0.338 e. The predicted molar refractivity (Wildman–Crippen MR) is 190 cm³/mol. The highest BCUT2D eigenvalue weighted by Gasteiger charge is 2.36. The Morgan fingerprint density at radius 3 is 2.43 bits per heavy atom. The number of non-ortho nitro benzene ring substituents is 1. The molecule has 1 unspecified atom stereocenters. The van der Waals surface area contributed by atoms with E-state index in [0.717, 1.165) is 31.5 Å². The SMILES string of the molecule is CCCCNC(=O)CN(CCN1CCOCC1)C(=O)CCCCCN1C(=O)NC(c2ccc([N+](=O)[O-])cc2)C(C(=O)OCc2ccccc2)=C1C. The zero-order valence-electron chi connectivity index (χ0n) is 29.6. The monoisotopic (exact) mass is 706 g/mol. The molecule has 276 valence electrons. The standard InChI is InChI=1S/C37H50N6O8/c1-3-4-18-38-32(44)26-41(21-20-40-22-24-50-25-23-40)33(45)13-9-6-10-19-42-28(2)34(36(46)51-27-29-11-7-5-8-12-29)35(39-37(42)47)30-14-16-31(17-15-30)43(48)49/h5,7-8,11-12,14-17,35H,3-4,6,9-10,13,18-27H2,1-2H3,(H,38,44)(H,39,47). The molecule has 2 aromatic rings.